The molecule has 3 rings (SSSR count). The summed E-state index contributed by atoms with van der Waals surface area (Å²) in [5.41, 5.74) is 4.73. The van der Waals surface area contributed by atoms with Crippen LogP contribution in [0.25, 0.3) is 0 Å². The Morgan fingerprint density at radius 3 is 2.48 bits per heavy atom. The van der Waals surface area contributed by atoms with Gasteiger partial charge in [-0.1, -0.05) is 32.0 Å². The van der Waals surface area contributed by atoms with E-state index in [2.05, 4.69) is 59.1 Å². The first kappa shape index (κ1) is 17.7. The molecular formula is C20H29N5. The molecular weight excluding hydrogens is 310 g/mol. The summed E-state index contributed by atoms with van der Waals surface area (Å²) in [5, 5.41) is 3.54. The second-order valence-corrected chi connectivity index (χ2v) is 6.70. The highest BCUT2D eigenvalue weighted by Crippen LogP contribution is 2.26. The van der Waals surface area contributed by atoms with Crippen molar-refractivity contribution in [3.05, 3.63) is 41.1 Å². The minimum atomic E-state index is 0.838. The molecule has 1 aliphatic rings. The number of piperazine rings is 1. The van der Waals surface area contributed by atoms with Crippen molar-refractivity contribution >= 4 is 17.5 Å². The fourth-order valence-corrected chi connectivity index (χ4v) is 3.35. The summed E-state index contributed by atoms with van der Waals surface area (Å²) in [5.74, 6) is 1.72. The smallest absolute Gasteiger partial charge is 0.227 e. The zero-order valence-electron chi connectivity index (χ0n) is 15.8. The monoisotopic (exact) mass is 339 g/mol. The lowest BCUT2D eigenvalue weighted by Gasteiger charge is -2.34. The van der Waals surface area contributed by atoms with Crippen LogP contribution >= 0.6 is 0 Å². The van der Waals surface area contributed by atoms with Crippen molar-refractivity contribution < 1.29 is 0 Å². The summed E-state index contributed by atoms with van der Waals surface area (Å²) in [6.07, 6.45) is 1.000. The zero-order chi connectivity index (χ0) is 17.8. The van der Waals surface area contributed by atoms with E-state index in [4.69, 9.17) is 4.98 Å². The Morgan fingerprint density at radius 2 is 1.80 bits per heavy atom. The Morgan fingerprint density at radius 1 is 1.04 bits per heavy atom. The Bertz CT molecular complexity index is 720. The number of para-hydroxylation sites is 1. The molecule has 5 heteroatoms. The SMILES string of the molecule is CCc1cccc(C)c1Nc1cc(C)nc(N2CCN(CC)CC2)n1. The van der Waals surface area contributed by atoms with E-state index in [-0.39, 0.29) is 0 Å². The normalized spacial score (nSPS) is 15.4. The summed E-state index contributed by atoms with van der Waals surface area (Å²) in [6, 6.07) is 8.45. The van der Waals surface area contributed by atoms with Crippen LogP contribution in [0, 0.1) is 13.8 Å². The highest BCUT2D eigenvalue weighted by Gasteiger charge is 2.18. The van der Waals surface area contributed by atoms with Gasteiger partial charge < -0.3 is 15.1 Å². The Labute approximate surface area is 151 Å². The van der Waals surface area contributed by atoms with E-state index in [1.54, 1.807) is 0 Å². The molecule has 2 heterocycles. The van der Waals surface area contributed by atoms with E-state index in [1.807, 2.05) is 13.0 Å². The largest absolute Gasteiger partial charge is 0.340 e. The third-order valence-electron chi connectivity index (χ3n) is 4.94. The minimum absolute atomic E-state index is 0.838. The molecule has 134 valence electrons. The molecule has 0 atom stereocenters. The number of rotatable bonds is 5. The van der Waals surface area contributed by atoms with Crippen LogP contribution < -0.4 is 10.2 Å². The maximum atomic E-state index is 4.81. The van der Waals surface area contributed by atoms with Crippen LogP contribution in [-0.2, 0) is 6.42 Å². The molecule has 1 N–H and O–H groups in total. The molecule has 1 fully saturated rings. The summed E-state index contributed by atoms with van der Waals surface area (Å²) in [4.78, 5) is 14.2. The molecule has 1 saturated heterocycles. The van der Waals surface area contributed by atoms with E-state index in [0.717, 1.165) is 56.6 Å². The first-order valence-electron chi connectivity index (χ1n) is 9.29. The lowest BCUT2D eigenvalue weighted by atomic mass is 10.1. The molecule has 25 heavy (non-hydrogen) atoms. The van der Waals surface area contributed by atoms with Gasteiger partial charge in [-0.05, 0) is 37.9 Å². The van der Waals surface area contributed by atoms with Crippen LogP contribution in [0.4, 0.5) is 17.5 Å². The van der Waals surface area contributed by atoms with Crippen LogP contribution in [0.5, 0.6) is 0 Å². The number of aryl methyl sites for hydroxylation is 3. The first-order chi connectivity index (χ1) is 12.1. The van der Waals surface area contributed by atoms with Crippen molar-refractivity contribution in [3.63, 3.8) is 0 Å². The lowest BCUT2D eigenvalue weighted by Crippen LogP contribution is -2.46. The average Bonchev–Trinajstić information content (AvgIpc) is 2.63. The predicted octanol–water partition coefficient (Wildman–Crippen LogP) is 3.54. The third-order valence-corrected chi connectivity index (χ3v) is 4.94. The van der Waals surface area contributed by atoms with Gasteiger partial charge in [0.05, 0.1) is 0 Å². The quantitative estimate of drug-likeness (QED) is 0.902. The number of benzene rings is 1. The number of hydrogen-bond donors (Lipinski definition) is 1. The van der Waals surface area contributed by atoms with Gasteiger partial charge in [0.1, 0.15) is 5.82 Å². The lowest BCUT2D eigenvalue weighted by molar-refractivity contribution is 0.270. The van der Waals surface area contributed by atoms with E-state index >= 15 is 0 Å². The average molecular weight is 339 g/mol. The van der Waals surface area contributed by atoms with Gasteiger partial charge >= 0.3 is 0 Å². The highest BCUT2D eigenvalue weighted by molar-refractivity contribution is 5.65. The number of anilines is 3. The summed E-state index contributed by atoms with van der Waals surface area (Å²) < 4.78 is 0. The zero-order valence-corrected chi connectivity index (χ0v) is 15.8. The topological polar surface area (TPSA) is 44.3 Å². The third kappa shape index (κ3) is 4.10. The number of nitrogens with one attached hydrogen (secondary N) is 1. The number of nitrogens with zero attached hydrogens (tertiary/aromatic N) is 4. The van der Waals surface area contributed by atoms with E-state index < -0.39 is 0 Å². The van der Waals surface area contributed by atoms with Gasteiger partial charge in [-0.2, -0.15) is 4.98 Å². The second-order valence-electron chi connectivity index (χ2n) is 6.70. The Balaban J connectivity index is 1.83. The molecule has 0 aliphatic carbocycles. The number of aromatic nitrogens is 2. The molecule has 0 amide bonds. The predicted molar refractivity (Wildman–Crippen MR) is 105 cm³/mol. The number of likely N-dealkylation sites (N-methyl/N-ethyl adjacent to an activating group) is 1. The minimum Gasteiger partial charge on any atom is -0.340 e. The molecule has 0 spiro atoms. The van der Waals surface area contributed by atoms with Crippen molar-refractivity contribution in [2.45, 2.75) is 34.1 Å². The van der Waals surface area contributed by atoms with Crippen LogP contribution in [0.3, 0.4) is 0 Å². The van der Waals surface area contributed by atoms with Crippen molar-refractivity contribution in [3.8, 4) is 0 Å². The molecule has 1 aromatic carbocycles. The van der Waals surface area contributed by atoms with Crippen molar-refractivity contribution in [2.24, 2.45) is 0 Å². The maximum absolute atomic E-state index is 4.81. The maximum Gasteiger partial charge on any atom is 0.227 e. The molecule has 1 aromatic heterocycles. The van der Waals surface area contributed by atoms with E-state index in [0.29, 0.717) is 0 Å². The van der Waals surface area contributed by atoms with Crippen LogP contribution in [0.2, 0.25) is 0 Å². The fourth-order valence-electron chi connectivity index (χ4n) is 3.35. The van der Waals surface area contributed by atoms with Crippen LogP contribution in [-0.4, -0.2) is 47.6 Å². The Hall–Kier alpha value is -2.14. The van der Waals surface area contributed by atoms with Gasteiger partial charge in [-0.3, -0.25) is 0 Å². The van der Waals surface area contributed by atoms with Crippen LogP contribution in [0.1, 0.15) is 30.7 Å². The molecule has 0 saturated carbocycles. The van der Waals surface area contributed by atoms with E-state index in [1.165, 1.54) is 16.8 Å². The second kappa shape index (κ2) is 7.83. The molecule has 0 bridgehead atoms. The molecule has 0 unspecified atom stereocenters. The fraction of sp³-hybridized carbons (Fsp3) is 0.500. The molecule has 0 radical (unpaired) electrons. The van der Waals surface area contributed by atoms with E-state index in [9.17, 15) is 0 Å². The summed E-state index contributed by atoms with van der Waals surface area (Å²) in [6.45, 7) is 13.8. The van der Waals surface area contributed by atoms with Crippen molar-refractivity contribution in [1.29, 1.82) is 0 Å². The molecule has 1 aliphatic heterocycles. The highest BCUT2D eigenvalue weighted by atomic mass is 15.3. The Kier molecular flexibility index (Phi) is 5.53. The van der Waals surface area contributed by atoms with Crippen LogP contribution in [0.15, 0.2) is 24.3 Å². The molecule has 5 nitrogen and oxygen atoms in total. The summed E-state index contributed by atoms with van der Waals surface area (Å²) >= 11 is 0. The van der Waals surface area contributed by atoms with Gasteiger partial charge in [0.25, 0.3) is 0 Å². The molecule has 2 aromatic rings. The van der Waals surface area contributed by atoms with Gasteiger partial charge in [-0.15, -0.1) is 0 Å². The number of hydrogen-bond acceptors (Lipinski definition) is 5. The van der Waals surface area contributed by atoms with Gasteiger partial charge in [0.2, 0.25) is 5.95 Å². The van der Waals surface area contributed by atoms with Gasteiger partial charge in [-0.25, -0.2) is 4.98 Å². The first-order valence-corrected chi connectivity index (χ1v) is 9.29. The van der Waals surface area contributed by atoms with Gasteiger partial charge in [0.15, 0.2) is 0 Å². The van der Waals surface area contributed by atoms with Crippen molar-refractivity contribution in [1.82, 2.24) is 14.9 Å². The van der Waals surface area contributed by atoms with Crippen molar-refractivity contribution in [2.75, 3.05) is 42.9 Å². The summed E-state index contributed by atoms with van der Waals surface area (Å²) in [7, 11) is 0. The standard InChI is InChI=1S/C20H29N5/c1-5-17-9-7-8-15(3)19(17)22-18-14-16(4)21-20(23-18)25-12-10-24(6-2)11-13-25/h7-9,14H,5-6,10-13H2,1-4H3,(H,21,22,23). The van der Waals surface area contributed by atoms with Gasteiger partial charge in [0, 0.05) is 43.6 Å².